The number of ether oxygens (including phenoxy) is 2. The van der Waals surface area contributed by atoms with Gasteiger partial charge in [0.2, 0.25) is 11.6 Å². The van der Waals surface area contributed by atoms with Crippen LogP contribution in [-0.4, -0.2) is 46.5 Å². The summed E-state index contributed by atoms with van der Waals surface area (Å²) >= 11 is 0. The molecule has 2 heterocycles. The van der Waals surface area contributed by atoms with Crippen molar-refractivity contribution < 1.29 is 32.3 Å². The standard InChI is InChI=1S/C27H31F3N4O4/c1-7-34(15(3)4)21-10-9-16(12-19(21)27(28,29)30)25-32-24(33-38-25)18-11-17-13-23(26(5,35)37-8-2)31-20(17)14-22(18)36-6/h9-15,31,35H,7-8H2,1-6H3. The number of halogens is 3. The number of alkyl halides is 3. The Labute approximate surface area is 218 Å². The molecule has 2 aromatic carbocycles. The summed E-state index contributed by atoms with van der Waals surface area (Å²) < 4.78 is 58.4. The molecule has 4 rings (SSSR count). The number of hydrogen-bond acceptors (Lipinski definition) is 7. The Morgan fingerprint density at radius 2 is 1.87 bits per heavy atom. The van der Waals surface area contributed by atoms with Gasteiger partial charge in [-0.2, -0.15) is 18.2 Å². The minimum absolute atomic E-state index is 0.0548. The van der Waals surface area contributed by atoms with Crippen molar-refractivity contribution in [3.05, 3.63) is 47.7 Å². The maximum Gasteiger partial charge on any atom is 0.418 e. The average molecular weight is 533 g/mol. The van der Waals surface area contributed by atoms with Gasteiger partial charge in [-0.3, -0.25) is 0 Å². The fourth-order valence-electron chi connectivity index (χ4n) is 4.52. The van der Waals surface area contributed by atoms with Gasteiger partial charge in [0.05, 0.1) is 23.9 Å². The number of benzene rings is 2. The van der Waals surface area contributed by atoms with Gasteiger partial charge >= 0.3 is 6.18 Å². The van der Waals surface area contributed by atoms with Crippen LogP contribution < -0.4 is 9.64 Å². The number of methoxy groups -OCH3 is 1. The van der Waals surface area contributed by atoms with Crippen molar-refractivity contribution in [3.63, 3.8) is 0 Å². The first-order valence-corrected chi connectivity index (χ1v) is 12.3. The van der Waals surface area contributed by atoms with Crippen LogP contribution in [0.3, 0.4) is 0 Å². The number of nitrogens with zero attached hydrogens (tertiary/aromatic N) is 3. The SMILES string of the molecule is CCOC(C)(O)c1cc2cc(-c3noc(-c4ccc(N(CC)C(C)C)c(C(F)(F)F)c4)n3)c(OC)cc2[nH]1. The highest BCUT2D eigenvalue weighted by Gasteiger charge is 2.36. The van der Waals surface area contributed by atoms with Crippen LogP contribution >= 0.6 is 0 Å². The van der Waals surface area contributed by atoms with E-state index in [1.807, 2.05) is 20.8 Å². The van der Waals surface area contributed by atoms with Gasteiger partial charge in [-0.1, -0.05) is 5.16 Å². The number of anilines is 1. The van der Waals surface area contributed by atoms with Crippen LogP contribution in [0.15, 0.2) is 40.9 Å². The molecule has 38 heavy (non-hydrogen) atoms. The minimum atomic E-state index is -4.57. The van der Waals surface area contributed by atoms with Gasteiger partial charge in [-0.15, -0.1) is 0 Å². The van der Waals surface area contributed by atoms with E-state index < -0.39 is 17.5 Å². The quantitative estimate of drug-likeness (QED) is 0.243. The molecule has 0 aliphatic carbocycles. The number of H-pyrrole nitrogens is 1. The Bertz CT molecular complexity index is 1430. The van der Waals surface area contributed by atoms with Crippen LogP contribution in [0.25, 0.3) is 33.7 Å². The van der Waals surface area contributed by atoms with Crippen LogP contribution in [0.1, 0.15) is 45.9 Å². The maximum atomic E-state index is 14.0. The molecule has 0 aliphatic heterocycles. The second kappa shape index (κ2) is 10.3. The molecule has 0 amide bonds. The molecule has 0 saturated carbocycles. The van der Waals surface area contributed by atoms with Crippen molar-refractivity contribution in [2.24, 2.45) is 0 Å². The predicted octanol–water partition coefficient (Wildman–Crippen LogP) is 6.35. The topological polar surface area (TPSA) is 96.6 Å². The Balaban J connectivity index is 1.76. The number of aromatic nitrogens is 3. The molecule has 0 saturated heterocycles. The molecule has 0 spiro atoms. The zero-order valence-corrected chi connectivity index (χ0v) is 22.1. The third-order valence-electron chi connectivity index (χ3n) is 6.36. The third kappa shape index (κ3) is 5.21. The van der Waals surface area contributed by atoms with Gasteiger partial charge in [0.1, 0.15) is 5.75 Å². The van der Waals surface area contributed by atoms with Crippen LogP contribution in [0.2, 0.25) is 0 Å². The van der Waals surface area contributed by atoms with Crippen molar-refractivity contribution in [1.29, 1.82) is 0 Å². The zero-order chi connectivity index (χ0) is 27.8. The first kappa shape index (κ1) is 27.5. The smallest absolute Gasteiger partial charge is 0.418 e. The lowest BCUT2D eigenvalue weighted by Crippen LogP contribution is -2.32. The van der Waals surface area contributed by atoms with E-state index in [9.17, 15) is 18.3 Å². The summed E-state index contributed by atoms with van der Waals surface area (Å²) in [6.45, 7) is 9.55. The minimum Gasteiger partial charge on any atom is -0.496 e. The van der Waals surface area contributed by atoms with Crippen molar-refractivity contribution in [1.82, 2.24) is 15.1 Å². The van der Waals surface area contributed by atoms with E-state index in [-0.39, 0.29) is 29.0 Å². The first-order valence-electron chi connectivity index (χ1n) is 12.3. The number of nitrogens with one attached hydrogen (secondary N) is 1. The molecule has 4 aromatic rings. The van der Waals surface area contributed by atoms with Crippen LogP contribution in [0.4, 0.5) is 18.9 Å². The van der Waals surface area contributed by atoms with Gasteiger partial charge in [0.15, 0.2) is 0 Å². The molecule has 0 radical (unpaired) electrons. The highest BCUT2D eigenvalue weighted by molar-refractivity contribution is 5.88. The van der Waals surface area contributed by atoms with Gasteiger partial charge in [-0.25, -0.2) is 0 Å². The molecule has 11 heteroatoms. The monoisotopic (exact) mass is 532 g/mol. The van der Waals surface area contributed by atoms with E-state index in [4.69, 9.17) is 14.0 Å². The molecule has 0 bridgehead atoms. The van der Waals surface area contributed by atoms with Crippen LogP contribution in [0, 0.1) is 0 Å². The van der Waals surface area contributed by atoms with Gasteiger partial charge in [0, 0.05) is 47.4 Å². The molecule has 0 aliphatic rings. The summed E-state index contributed by atoms with van der Waals surface area (Å²) in [5.74, 6) is -1.02. The van der Waals surface area contributed by atoms with E-state index in [0.29, 0.717) is 35.7 Å². The molecule has 1 unspecified atom stereocenters. The normalized spacial score (nSPS) is 13.8. The summed E-state index contributed by atoms with van der Waals surface area (Å²) in [4.78, 5) is 9.18. The molecule has 204 valence electrons. The molecule has 8 nitrogen and oxygen atoms in total. The Morgan fingerprint density at radius 1 is 1.13 bits per heavy atom. The lowest BCUT2D eigenvalue weighted by Gasteiger charge is -2.30. The summed E-state index contributed by atoms with van der Waals surface area (Å²) in [6, 6.07) is 9.09. The van der Waals surface area contributed by atoms with Crippen LogP contribution in [-0.2, 0) is 16.7 Å². The zero-order valence-electron chi connectivity index (χ0n) is 22.1. The van der Waals surface area contributed by atoms with Gasteiger partial charge in [0.25, 0.3) is 5.89 Å². The molecule has 1 atom stereocenters. The van der Waals surface area contributed by atoms with Gasteiger partial charge < -0.3 is 29.0 Å². The molecular weight excluding hydrogens is 501 g/mol. The van der Waals surface area contributed by atoms with E-state index in [0.717, 1.165) is 11.5 Å². The average Bonchev–Trinajstić information content (AvgIpc) is 3.50. The van der Waals surface area contributed by atoms with E-state index in [2.05, 4.69) is 15.1 Å². The van der Waals surface area contributed by atoms with E-state index >= 15 is 0 Å². The van der Waals surface area contributed by atoms with Crippen molar-refractivity contribution in [2.75, 3.05) is 25.2 Å². The Morgan fingerprint density at radius 3 is 2.47 bits per heavy atom. The summed E-state index contributed by atoms with van der Waals surface area (Å²) in [7, 11) is 1.48. The number of fused-ring (bicyclic) bond motifs is 1. The summed E-state index contributed by atoms with van der Waals surface area (Å²) in [5, 5.41) is 15.3. The highest BCUT2D eigenvalue weighted by Crippen LogP contribution is 2.40. The lowest BCUT2D eigenvalue weighted by atomic mass is 10.1. The molecule has 2 aromatic heterocycles. The van der Waals surface area contributed by atoms with E-state index in [1.165, 1.54) is 20.1 Å². The molecule has 0 fully saturated rings. The lowest BCUT2D eigenvalue weighted by molar-refractivity contribution is -0.197. The molecular formula is C27H31F3N4O4. The predicted molar refractivity (Wildman–Crippen MR) is 138 cm³/mol. The number of aliphatic hydroxyl groups is 1. The second-order valence-electron chi connectivity index (χ2n) is 9.27. The fourth-order valence-corrected chi connectivity index (χ4v) is 4.52. The number of aromatic amines is 1. The summed E-state index contributed by atoms with van der Waals surface area (Å²) in [6.07, 6.45) is -4.57. The van der Waals surface area contributed by atoms with Gasteiger partial charge in [-0.05, 0) is 65.0 Å². The Kier molecular flexibility index (Phi) is 7.44. The largest absolute Gasteiger partial charge is 0.496 e. The van der Waals surface area contributed by atoms with Crippen molar-refractivity contribution in [3.8, 4) is 28.6 Å². The first-order chi connectivity index (χ1) is 17.9. The summed E-state index contributed by atoms with van der Waals surface area (Å²) in [5.41, 5.74) is 1.07. The number of hydrogen-bond donors (Lipinski definition) is 2. The maximum absolute atomic E-state index is 14.0. The van der Waals surface area contributed by atoms with Crippen molar-refractivity contribution in [2.45, 2.75) is 52.6 Å². The number of rotatable bonds is 9. The van der Waals surface area contributed by atoms with Crippen LogP contribution in [0.5, 0.6) is 5.75 Å². The third-order valence-corrected chi connectivity index (χ3v) is 6.36. The van der Waals surface area contributed by atoms with Crippen molar-refractivity contribution >= 4 is 16.6 Å². The van der Waals surface area contributed by atoms with E-state index in [1.54, 1.807) is 36.1 Å². The Hall–Kier alpha value is -3.57. The fraction of sp³-hybridized carbons (Fsp3) is 0.407. The highest BCUT2D eigenvalue weighted by atomic mass is 19.4. The second-order valence-corrected chi connectivity index (χ2v) is 9.27. The molecule has 2 N–H and O–H groups in total.